The van der Waals surface area contributed by atoms with E-state index < -0.39 is 23.0 Å². The van der Waals surface area contributed by atoms with Crippen molar-refractivity contribution in [1.29, 1.82) is 0 Å². The zero-order chi connectivity index (χ0) is 15.9. The van der Waals surface area contributed by atoms with Gasteiger partial charge >= 0.3 is 5.97 Å². The van der Waals surface area contributed by atoms with Gasteiger partial charge in [-0.15, -0.1) is 0 Å². The van der Waals surface area contributed by atoms with Crippen LogP contribution in [0.1, 0.15) is 49.3 Å². The number of carbonyl (C=O) groups is 3. The van der Waals surface area contributed by atoms with Gasteiger partial charge in [0.2, 0.25) is 11.2 Å². The summed E-state index contributed by atoms with van der Waals surface area (Å²) >= 11 is 0. The Bertz CT molecular complexity index is 878. The second-order valence-corrected chi connectivity index (χ2v) is 4.71. The minimum atomic E-state index is -0.828. The largest absolute Gasteiger partial charge is 0.462 e. The number of rotatable bonds is 2. The molecule has 6 nitrogen and oxygen atoms in total. The number of ether oxygens (including phenoxy) is 1. The predicted octanol–water partition coefficient (Wildman–Crippen LogP) is 1.33. The van der Waals surface area contributed by atoms with Crippen LogP contribution in [-0.4, -0.2) is 29.1 Å². The average molecular weight is 297 g/mol. The van der Waals surface area contributed by atoms with Crippen molar-refractivity contribution in [2.45, 2.75) is 6.92 Å². The highest BCUT2D eigenvalue weighted by Gasteiger charge is 2.33. The zero-order valence-electron chi connectivity index (χ0n) is 11.6. The van der Waals surface area contributed by atoms with E-state index in [9.17, 15) is 19.2 Å². The van der Waals surface area contributed by atoms with Crippen LogP contribution in [0.3, 0.4) is 0 Å². The lowest BCUT2D eigenvalue weighted by Crippen LogP contribution is -2.32. The van der Waals surface area contributed by atoms with Crippen LogP contribution in [0.5, 0.6) is 0 Å². The second kappa shape index (κ2) is 5.07. The van der Waals surface area contributed by atoms with Gasteiger partial charge in [-0.25, -0.2) is 4.79 Å². The first-order valence-electron chi connectivity index (χ1n) is 6.67. The van der Waals surface area contributed by atoms with Gasteiger partial charge < -0.3 is 9.72 Å². The van der Waals surface area contributed by atoms with Crippen molar-refractivity contribution in [3.05, 3.63) is 68.6 Å². The molecule has 1 N–H and O–H groups in total. The summed E-state index contributed by atoms with van der Waals surface area (Å²) in [6, 6.07) is 6.25. The predicted molar refractivity (Wildman–Crippen MR) is 76.3 cm³/mol. The topological polar surface area (TPSA) is 93.3 Å². The van der Waals surface area contributed by atoms with E-state index in [1.54, 1.807) is 19.1 Å². The molecule has 0 atom stereocenters. The van der Waals surface area contributed by atoms with E-state index in [1.165, 1.54) is 12.1 Å². The maximum absolute atomic E-state index is 12.5. The Labute approximate surface area is 124 Å². The van der Waals surface area contributed by atoms with Crippen LogP contribution in [0.25, 0.3) is 0 Å². The lowest BCUT2D eigenvalue weighted by atomic mass is 9.86. The molecule has 0 aliphatic heterocycles. The van der Waals surface area contributed by atoms with Crippen molar-refractivity contribution < 1.29 is 19.1 Å². The average Bonchev–Trinajstić information content (AvgIpc) is 2.52. The van der Waals surface area contributed by atoms with Crippen LogP contribution in [0, 0.1) is 0 Å². The standard InChI is InChI=1S/C16H11NO5/c1-2-22-16(21)10-7-17-12-11(14(10)19)13(18)8-5-3-4-6-9(8)15(12)20/h3-7H,2H2,1H3,(H,17,19). The maximum atomic E-state index is 12.5. The molecule has 0 saturated carbocycles. The Morgan fingerprint density at radius 3 is 2.36 bits per heavy atom. The van der Waals surface area contributed by atoms with Gasteiger partial charge in [0.15, 0.2) is 5.78 Å². The Morgan fingerprint density at radius 1 is 1.09 bits per heavy atom. The van der Waals surface area contributed by atoms with Gasteiger partial charge in [0.1, 0.15) is 11.3 Å². The number of fused-ring (bicyclic) bond motifs is 2. The molecule has 0 unspecified atom stereocenters. The SMILES string of the molecule is CCOC(=O)c1c[nH]c2c(c1=O)C(=O)c1ccccc1C2=O. The minimum absolute atomic E-state index is 0.0956. The number of pyridine rings is 1. The first-order valence-corrected chi connectivity index (χ1v) is 6.67. The Hall–Kier alpha value is -3.02. The van der Waals surface area contributed by atoms with E-state index >= 15 is 0 Å². The quantitative estimate of drug-likeness (QED) is 0.720. The summed E-state index contributed by atoms with van der Waals surface area (Å²) in [6.45, 7) is 1.71. The monoisotopic (exact) mass is 297 g/mol. The van der Waals surface area contributed by atoms with E-state index in [0.717, 1.165) is 6.20 Å². The summed E-state index contributed by atoms with van der Waals surface area (Å²) in [5.41, 5.74) is -1.09. The van der Waals surface area contributed by atoms with Gasteiger partial charge in [-0.1, -0.05) is 24.3 Å². The molecule has 0 amide bonds. The van der Waals surface area contributed by atoms with Crippen LogP contribution in [0.4, 0.5) is 0 Å². The van der Waals surface area contributed by atoms with E-state index in [-0.39, 0.29) is 34.6 Å². The van der Waals surface area contributed by atoms with Crippen LogP contribution in [-0.2, 0) is 4.74 Å². The van der Waals surface area contributed by atoms with Gasteiger partial charge in [-0.05, 0) is 6.92 Å². The fraction of sp³-hybridized carbons (Fsp3) is 0.125. The Balaban J connectivity index is 2.24. The van der Waals surface area contributed by atoms with Gasteiger partial charge in [-0.3, -0.25) is 14.4 Å². The smallest absolute Gasteiger partial charge is 0.343 e. The molecule has 1 aromatic heterocycles. The number of hydrogen-bond acceptors (Lipinski definition) is 5. The number of aromatic nitrogens is 1. The minimum Gasteiger partial charge on any atom is -0.462 e. The van der Waals surface area contributed by atoms with Gasteiger partial charge in [0, 0.05) is 17.3 Å². The number of H-pyrrole nitrogens is 1. The second-order valence-electron chi connectivity index (χ2n) is 4.71. The number of esters is 1. The van der Waals surface area contributed by atoms with Crippen molar-refractivity contribution in [2.24, 2.45) is 0 Å². The van der Waals surface area contributed by atoms with Crippen LogP contribution in [0.15, 0.2) is 35.3 Å². The zero-order valence-corrected chi connectivity index (χ0v) is 11.6. The van der Waals surface area contributed by atoms with Crippen molar-refractivity contribution in [2.75, 3.05) is 6.61 Å². The molecule has 6 heteroatoms. The summed E-state index contributed by atoms with van der Waals surface area (Å²) in [7, 11) is 0. The van der Waals surface area contributed by atoms with Gasteiger partial charge in [0.25, 0.3) is 0 Å². The summed E-state index contributed by atoms with van der Waals surface area (Å²) in [6.07, 6.45) is 1.11. The van der Waals surface area contributed by atoms with Crippen molar-refractivity contribution >= 4 is 17.5 Å². The molecular weight excluding hydrogens is 286 g/mol. The first kappa shape index (κ1) is 13.9. The number of carbonyl (C=O) groups excluding carboxylic acids is 3. The number of hydrogen-bond donors (Lipinski definition) is 1. The van der Waals surface area contributed by atoms with E-state index in [0.29, 0.717) is 0 Å². The molecular formula is C16H11NO5. The van der Waals surface area contributed by atoms with Gasteiger partial charge in [0.05, 0.1) is 12.2 Å². The van der Waals surface area contributed by atoms with Crippen LogP contribution in [0.2, 0.25) is 0 Å². The highest BCUT2D eigenvalue weighted by molar-refractivity contribution is 6.27. The Morgan fingerprint density at radius 2 is 1.73 bits per heavy atom. The molecule has 1 heterocycles. The fourth-order valence-electron chi connectivity index (χ4n) is 2.43. The third-order valence-electron chi connectivity index (χ3n) is 3.45. The third-order valence-corrected chi connectivity index (χ3v) is 3.45. The summed E-state index contributed by atoms with van der Waals surface area (Å²) in [5.74, 6) is -1.85. The molecule has 0 spiro atoms. The van der Waals surface area contributed by atoms with Crippen molar-refractivity contribution in [3.8, 4) is 0 Å². The summed E-state index contributed by atoms with van der Waals surface area (Å²) in [4.78, 5) is 51.6. The van der Waals surface area contributed by atoms with Crippen LogP contribution >= 0.6 is 0 Å². The molecule has 0 radical (unpaired) electrons. The summed E-state index contributed by atoms with van der Waals surface area (Å²) in [5, 5.41) is 0. The van der Waals surface area contributed by atoms with Crippen molar-refractivity contribution in [1.82, 2.24) is 4.98 Å². The highest BCUT2D eigenvalue weighted by Crippen LogP contribution is 2.24. The molecule has 2 aromatic rings. The van der Waals surface area contributed by atoms with Crippen LogP contribution < -0.4 is 5.43 Å². The first-order chi connectivity index (χ1) is 10.6. The van der Waals surface area contributed by atoms with E-state index in [2.05, 4.69) is 4.98 Å². The normalized spacial score (nSPS) is 12.6. The maximum Gasteiger partial charge on any atom is 0.343 e. The third kappa shape index (κ3) is 1.88. The summed E-state index contributed by atoms with van der Waals surface area (Å²) < 4.78 is 4.78. The molecule has 0 fully saturated rings. The lowest BCUT2D eigenvalue weighted by molar-refractivity contribution is 0.0524. The molecule has 110 valence electrons. The molecule has 0 saturated heterocycles. The molecule has 0 bridgehead atoms. The molecule has 22 heavy (non-hydrogen) atoms. The number of benzene rings is 1. The van der Waals surface area contributed by atoms with Gasteiger partial charge in [-0.2, -0.15) is 0 Å². The number of nitrogens with one attached hydrogen (secondary N) is 1. The van der Waals surface area contributed by atoms with E-state index in [1.807, 2.05) is 0 Å². The molecule has 1 aromatic carbocycles. The van der Waals surface area contributed by atoms with Crippen molar-refractivity contribution in [3.63, 3.8) is 0 Å². The number of ketones is 2. The highest BCUT2D eigenvalue weighted by atomic mass is 16.5. The van der Waals surface area contributed by atoms with E-state index in [4.69, 9.17) is 4.74 Å². The molecule has 1 aliphatic rings. The lowest BCUT2D eigenvalue weighted by Gasteiger charge is -2.16. The fourth-order valence-corrected chi connectivity index (χ4v) is 2.43. The molecule has 1 aliphatic carbocycles. The molecule has 3 rings (SSSR count). The Kier molecular flexibility index (Phi) is 3.21. The number of aromatic amines is 1.